The van der Waals surface area contributed by atoms with Crippen molar-refractivity contribution in [1.82, 2.24) is 5.32 Å². The molecule has 1 aliphatic heterocycles. The first-order valence-corrected chi connectivity index (χ1v) is 5.95. The van der Waals surface area contributed by atoms with E-state index < -0.39 is 6.10 Å². The summed E-state index contributed by atoms with van der Waals surface area (Å²) in [6.45, 7) is 2.94. The number of rotatable bonds is 5. The van der Waals surface area contributed by atoms with Crippen LogP contribution in [0.25, 0.3) is 0 Å². The van der Waals surface area contributed by atoms with Crippen molar-refractivity contribution in [2.24, 2.45) is 0 Å². The molecule has 1 aromatic carbocycles. The Balaban J connectivity index is 1.80. The predicted octanol–water partition coefficient (Wildman–Crippen LogP) is 0.241. The van der Waals surface area contributed by atoms with Crippen molar-refractivity contribution in [1.29, 1.82) is 0 Å². The van der Waals surface area contributed by atoms with Gasteiger partial charge in [0, 0.05) is 19.5 Å². The molecule has 94 valence electrons. The van der Waals surface area contributed by atoms with E-state index in [2.05, 4.69) is 18.3 Å². The van der Waals surface area contributed by atoms with Crippen LogP contribution in [0.2, 0.25) is 0 Å². The molecule has 1 aromatic rings. The zero-order valence-corrected chi connectivity index (χ0v) is 10.0. The van der Waals surface area contributed by atoms with Gasteiger partial charge in [0.15, 0.2) is 0 Å². The van der Waals surface area contributed by atoms with Crippen LogP contribution >= 0.6 is 0 Å². The van der Waals surface area contributed by atoms with Gasteiger partial charge in [-0.05, 0) is 18.6 Å². The standard InChI is InChI=1S/C13H19NO3/c1-9-2-3-13-10(4-9)5-12(17-13)7-14-6-11(16)8-15/h2-4,11-12,14-16H,5-8H2,1H3. The lowest BCUT2D eigenvalue weighted by Gasteiger charge is -2.13. The Morgan fingerprint density at radius 3 is 3.12 bits per heavy atom. The van der Waals surface area contributed by atoms with Gasteiger partial charge in [0.1, 0.15) is 11.9 Å². The highest BCUT2D eigenvalue weighted by Gasteiger charge is 2.22. The Bertz CT molecular complexity index is 381. The lowest BCUT2D eigenvalue weighted by atomic mass is 10.1. The highest BCUT2D eigenvalue weighted by atomic mass is 16.5. The largest absolute Gasteiger partial charge is 0.488 e. The number of aliphatic hydroxyl groups is 2. The summed E-state index contributed by atoms with van der Waals surface area (Å²) in [6.07, 6.45) is 0.331. The van der Waals surface area contributed by atoms with Crippen LogP contribution in [-0.4, -0.2) is 42.1 Å². The summed E-state index contributed by atoms with van der Waals surface area (Å²) in [5.41, 5.74) is 2.50. The Hall–Kier alpha value is -1.10. The maximum Gasteiger partial charge on any atom is 0.123 e. The number of fused-ring (bicyclic) bond motifs is 1. The van der Waals surface area contributed by atoms with Gasteiger partial charge >= 0.3 is 0 Å². The molecule has 0 bridgehead atoms. The van der Waals surface area contributed by atoms with Gasteiger partial charge in [0.05, 0.1) is 12.7 Å². The van der Waals surface area contributed by atoms with E-state index in [9.17, 15) is 5.11 Å². The molecule has 0 amide bonds. The molecular weight excluding hydrogens is 218 g/mol. The van der Waals surface area contributed by atoms with E-state index in [0.29, 0.717) is 13.1 Å². The van der Waals surface area contributed by atoms with Crippen molar-refractivity contribution < 1.29 is 14.9 Å². The van der Waals surface area contributed by atoms with E-state index in [1.165, 1.54) is 11.1 Å². The van der Waals surface area contributed by atoms with Crippen molar-refractivity contribution >= 4 is 0 Å². The third-order valence-electron chi connectivity index (χ3n) is 2.92. The van der Waals surface area contributed by atoms with E-state index in [1.54, 1.807) is 0 Å². The topological polar surface area (TPSA) is 61.7 Å². The van der Waals surface area contributed by atoms with Crippen LogP contribution in [0.4, 0.5) is 0 Å². The van der Waals surface area contributed by atoms with Crippen molar-refractivity contribution in [2.75, 3.05) is 19.7 Å². The molecule has 2 unspecified atom stereocenters. The molecule has 0 fully saturated rings. The molecule has 0 saturated heterocycles. The van der Waals surface area contributed by atoms with Crippen LogP contribution in [0, 0.1) is 6.92 Å². The Labute approximate surface area is 101 Å². The van der Waals surface area contributed by atoms with Crippen molar-refractivity contribution in [3.05, 3.63) is 29.3 Å². The first-order valence-electron chi connectivity index (χ1n) is 5.95. The molecule has 2 rings (SSSR count). The van der Waals surface area contributed by atoms with Gasteiger partial charge in [-0.2, -0.15) is 0 Å². The minimum atomic E-state index is -0.693. The van der Waals surface area contributed by atoms with Crippen LogP contribution in [0.1, 0.15) is 11.1 Å². The second kappa shape index (κ2) is 5.49. The third kappa shape index (κ3) is 3.19. The van der Waals surface area contributed by atoms with Crippen molar-refractivity contribution in [3.8, 4) is 5.75 Å². The molecule has 17 heavy (non-hydrogen) atoms. The molecule has 4 nitrogen and oxygen atoms in total. The van der Waals surface area contributed by atoms with Crippen LogP contribution in [-0.2, 0) is 6.42 Å². The van der Waals surface area contributed by atoms with Gasteiger partial charge < -0.3 is 20.3 Å². The van der Waals surface area contributed by atoms with Crippen molar-refractivity contribution in [2.45, 2.75) is 25.6 Å². The molecule has 0 aromatic heterocycles. The number of nitrogens with one attached hydrogen (secondary N) is 1. The lowest BCUT2D eigenvalue weighted by molar-refractivity contribution is 0.0916. The SMILES string of the molecule is Cc1ccc2c(c1)CC(CNCC(O)CO)O2. The smallest absolute Gasteiger partial charge is 0.123 e. The monoisotopic (exact) mass is 237 g/mol. The number of aryl methyl sites for hydroxylation is 1. The quantitative estimate of drug-likeness (QED) is 0.686. The summed E-state index contributed by atoms with van der Waals surface area (Å²) in [4.78, 5) is 0. The second-order valence-corrected chi connectivity index (χ2v) is 4.55. The van der Waals surface area contributed by atoms with Crippen LogP contribution < -0.4 is 10.1 Å². The molecule has 2 atom stereocenters. The van der Waals surface area contributed by atoms with Gasteiger partial charge in [0.25, 0.3) is 0 Å². The minimum Gasteiger partial charge on any atom is -0.488 e. The first-order chi connectivity index (χ1) is 8.19. The van der Waals surface area contributed by atoms with E-state index in [0.717, 1.165) is 12.2 Å². The fourth-order valence-corrected chi connectivity index (χ4v) is 2.04. The van der Waals surface area contributed by atoms with Gasteiger partial charge in [-0.15, -0.1) is 0 Å². The average molecular weight is 237 g/mol. The normalized spacial score (nSPS) is 19.8. The third-order valence-corrected chi connectivity index (χ3v) is 2.92. The number of hydrogen-bond donors (Lipinski definition) is 3. The zero-order valence-electron chi connectivity index (χ0n) is 10.0. The number of benzene rings is 1. The Morgan fingerprint density at radius 2 is 2.35 bits per heavy atom. The first kappa shape index (κ1) is 12.4. The fraction of sp³-hybridized carbons (Fsp3) is 0.538. The van der Waals surface area contributed by atoms with E-state index in [4.69, 9.17) is 9.84 Å². The number of hydrogen-bond acceptors (Lipinski definition) is 4. The van der Waals surface area contributed by atoms with Crippen LogP contribution in [0.5, 0.6) is 5.75 Å². The second-order valence-electron chi connectivity index (χ2n) is 4.55. The molecule has 1 aliphatic rings. The molecule has 0 radical (unpaired) electrons. The molecule has 0 aliphatic carbocycles. The predicted molar refractivity (Wildman–Crippen MR) is 65.3 cm³/mol. The van der Waals surface area contributed by atoms with E-state index >= 15 is 0 Å². The molecule has 4 heteroatoms. The average Bonchev–Trinajstić information content (AvgIpc) is 2.70. The van der Waals surface area contributed by atoms with Gasteiger partial charge in [-0.3, -0.25) is 0 Å². The maximum atomic E-state index is 9.19. The van der Waals surface area contributed by atoms with Crippen molar-refractivity contribution in [3.63, 3.8) is 0 Å². The summed E-state index contributed by atoms with van der Waals surface area (Å²) < 4.78 is 5.77. The summed E-state index contributed by atoms with van der Waals surface area (Å²) in [7, 11) is 0. The Morgan fingerprint density at radius 1 is 1.53 bits per heavy atom. The summed E-state index contributed by atoms with van der Waals surface area (Å²) in [6, 6.07) is 6.20. The summed E-state index contributed by atoms with van der Waals surface area (Å²) in [5, 5.41) is 21.0. The van der Waals surface area contributed by atoms with E-state index in [1.807, 2.05) is 12.1 Å². The zero-order chi connectivity index (χ0) is 12.3. The van der Waals surface area contributed by atoms with E-state index in [-0.39, 0.29) is 12.7 Å². The summed E-state index contributed by atoms with van der Waals surface area (Å²) in [5.74, 6) is 0.963. The number of aliphatic hydroxyl groups excluding tert-OH is 2. The van der Waals surface area contributed by atoms with Crippen LogP contribution in [0.3, 0.4) is 0 Å². The highest BCUT2D eigenvalue weighted by Crippen LogP contribution is 2.29. The molecule has 0 spiro atoms. The molecule has 0 saturated carbocycles. The fourth-order valence-electron chi connectivity index (χ4n) is 2.04. The van der Waals surface area contributed by atoms with Gasteiger partial charge in [-0.1, -0.05) is 17.7 Å². The molecule has 1 heterocycles. The minimum absolute atomic E-state index is 0.123. The Kier molecular flexibility index (Phi) is 3.99. The lowest BCUT2D eigenvalue weighted by Crippen LogP contribution is -2.36. The number of ether oxygens (including phenoxy) is 1. The maximum absolute atomic E-state index is 9.19. The molecule has 3 N–H and O–H groups in total. The van der Waals surface area contributed by atoms with Gasteiger partial charge in [0.2, 0.25) is 0 Å². The highest BCUT2D eigenvalue weighted by molar-refractivity contribution is 5.40. The van der Waals surface area contributed by atoms with Gasteiger partial charge in [-0.25, -0.2) is 0 Å². The molecular formula is C13H19NO3. The van der Waals surface area contributed by atoms with Crippen LogP contribution in [0.15, 0.2) is 18.2 Å². The summed E-state index contributed by atoms with van der Waals surface area (Å²) >= 11 is 0.